The second kappa shape index (κ2) is 7.08. The van der Waals surface area contributed by atoms with Crippen LogP contribution in [-0.4, -0.2) is 29.1 Å². The van der Waals surface area contributed by atoms with Crippen molar-refractivity contribution in [2.24, 2.45) is 0 Å². The van der Waals surface area contributed by atoms with E-state index in [9.17, 15) is 14.7 Å². The van der Waals surface area contributed by atoms with Crippen molar-refractivity contribution in [3.63, 3.8) is 0 Å². The van der Waals surface area contributed by atoms with Crippen LogP contribution in [0.1, 0.15) is 29.8 Å². The van der Waals surface area contributed by atoms with Crippen molar-refractivity contribution in [2.45, 2.75) is 19.3 Å². The van der Waals surface area contributed by atoms with Gasteiger partial charge in [0.25, 0.3) is 0 Å². The minimum atomic E-state index is -1.34. The van der Waals surface area contributed by atoms with Crippen molar-refractivity contribution in [3.05, 3.63) is 65.7 Å². The summed E-state index contributed by atoms with van der Waals surface area (Å²) in [4.78, 5) is 24.8. The maximum absolute atomic E-state index is 12.7. The van der Waals surface area contributed by atoms with E-state index < -0.39 is 11.3 Å². The van der Waals surface area contributed by atoms with E-state index in [1.165, 1.54) is 13.0 Å². The van der Waals surface area contributed by atoms with E-state index in [1.807, 2.05) is 6.07 Å². The highest BCUT2D eigenvalue weighted by Crippen LogP contribution is 2.32. The molecule has 0 heterocycles. The molecule has 24 heavy (non-hydrogen) atoms. The van der Waals surface area contributed by atoms with Crippen LogP contribution in [-0.2, 0) is 10.2 Å². The number of benzene rings is 2. The lowest BCUT2D eigenvalue weighted by molar-refractivity contribution is -0.123. The molecule has 2 aromatic rings. The SMILES string of the molecule is CC(=N)C(C)(C(=O)NCC(=O)c1ccccc1)c1ccccc1O. The second-order valence-corrected chi connectivity index (χ2v) is 5.74. The number of hydrogen-bond acceptors (Lipinski definition) is 4. The Morgan fingerprint density at radius 2 is 1.67 bits per heavy atom. The predicted molar refractivity (Wildman–Crippen MR) is 92.6 cm³/mol. The molecule has 0 fully saturated rings. The van der Waals surface area contributed by atoms with E-state index in [-0.39, 0.29) is 23.8 Å². The number of carbonyl (C=O) groups is 2. The Morgan fingerprint density at radius 3 is 2.25 bits per heavy atom. The molecule has 3 N–H and O–H groups in total. The van der Waals surface area contributed by atoms with Crippen LogP contribution in [0, 0.1) is 5.41 Å². The number of nitrogens with one attached hydrogen (secondary N) is 2. The maximum Gasteiger partial charge on any atom is 0.236 e. The standard InChI is InChI=1S/C19H20N2O3/c1-13(20)19(2,15-10-6-7-11-16(15)22)18(24)21-12-17(23)14-8-4-3-5-9-14/h3-11,20,22H,12H2,1-2H3,(H,21,24). The van der Waals surface area contributed by atoms with Crippen LogP contribution in [0.25, 0.3) is 0 Å². The largest absolute Gasteiger partial charge is 0.508 e. The van der Waals surface area contributed by atoms with Gasteiger partial charge in [-0.3, -0.25) is 9.59 Å². The van der Waals surface area contributed by atoms with E-state index in [2.05, 4.69) is 5.32 Å². The average Bonchev–Trinajstić information content (AvgIpc) is 2.59. The first kappa shape index (κ1) is 17.4. The van der Waals surface area contributed by atoms with Gasteiger partial charge >= 0.3 is 0 Å². The van der Waals surface area contributed by atoms with Crippen LogP contribution in [0.4, 0.5) is 0 Å². The molecule has 0 bridgehead atoms. The van der Waals surface area contributed by atoms with Crippen LogP contribution in [0.5, 0.6) is 5.75 Å². The molecule has 1 amide bonds. The smallest absolute Gasteiger partial charge is 0.236 e. The van der Waals surface area contributed by atoms with Crippen molar-refractivity contribution in [3.8, 4) is 5.75 Å². The number of hydrogen-bond donors (Lipinski definition) is 3. The number of rotatable bonds is 6. The van der Waals surface area contributed by atoms with Gasteiger partial charge < -0.3 is 15.8 Å². The van der Waals surface area contributed by atoms with Gasteiger partial charge in [-0.05, 0) is 19.9 Å². The van der Waals surface area contributed by atoms with Gasteiger partial charge in [0.15, 0.2) is 5.78 Å². The zero-order valence-corrected chi connectivity index (χ0v) is 13.7. The topological polar surface area (TPSA) is 90.3 Å². The van der Waals surface area contributed by atoms with Crippen LogP contribution in [0.15, 0.2) is 54.6 Å². The molecule has 1 atom stereocenters. The fourth-order valence-corrected chi connectivity index (χ4v) is 2.45. The summed E-state index contributed by atoms with van der Waals surface area (Å²) in [7, 11) is 0. The molecule has 0 aliphatic carbocycles. The molecule has 0 saturated carbocycles. The Hall–Kier alpha value is -2.95. The van der Waals surface area contributed by atoms with Gasteiger partial charge in [-0.25, -0.2) is 0 Å². The van der Waals surface area contributed by atoms with Gasteiger partial charge in [-0.15, -0.1) is 0 Å². The molecule has 0 saturated heterocycles. The van der Waals surface area contributed by atoms with Crippen molar-refractivity contribution in [2.75, 3.05) is 6.54 Å². The van der Waals surface area contributed by atoms with E-state index in [0.717, 1.165) is 0 Å². The maximum atomic E-state index is 12.7. The number of phenols is 1. The number of carbonyl (C=O) groups excluding carboxylic acids is 2. The molecule has 0 spiro atoms. The van der Waals surface area contributed by atoms with Gasteiger partial charge in [0, 0.05) is 16.8 Å². The van der Waals surface area contributed by atoms with Crippen molar-refractivity contribution in [1.82, 2.24) is 5.32 Å². The fourth-order valence-electron chi connectivity index (χ4n) is 2.45. The summed E-state index contributed by atoms with van der Waals surface area (Å²) in [6.45, 7) is 2.90. The summed E-state index contributed by atoms with van der Waals surface area (Å²) >= 11 is 0. The molecule has 1 unspecified atom stereocenters. The molecular weight excluding hydrogens is 304 g/mol. The first-order valence-corrected chi connectivity index (χ1v) is 7.58. The molecule has 5 nitrogen and oxygen atoms in total. The highest BCUT2D eigenvalue weighted by atomic mass is 16.3. The average molecular weight is 324 g/mol. The summed E-state index contributed by atoms with van der Waals surface area (Å²) in [5.74, 6) is -0.775. The number of para-hydroxylation sites is 1. The van der Waals surface area contributed by atoms with Crippen LogP contribution in [0.3, 0.4) is 0 Å². The molecule has 2 rings (SSSR count). The van der Waals surface area contributed by atoms with E-state index in [4.69, 9.17) is 5.41 Å². The zero-order chi connectivity index (χ0) is 17.7. The Morgan fingerprint density at radius 1 is 1.08 bits per heavy atom. The molecule has 5 heteroatoms. The monoisotopic (exact) mass is 324 g/mol. The quantitative estimate of drug-likeness (QED) is 0.563. The first-order chi connectivity index (χ1) is 11.4. The molecule has 0 radical (unpaired) electrons. The summed E-state index contributed by atoms with van der Waals surface area (Å²) in [5, 5.41) is 20.6. The van der Waals surface area contributed by atoms with Gasteiger partial charge in [0.1, 0.15) is 11.2 Å². The van der Waals surface area contributed by atoms with Gasteiger partial charge in [-0.2, -0.15) is 0 Å². The second-order valence-electron chi connectivity index (χ2n) is 5.74. The van der Waals surface area contributed by atoms with E-state index in [1.54, 1.807) is 49.4 Å². The summed E-state index contributed by atoms with van der Waals surface area (Å²) in [5.41, 5.74) is -0.424. The third kappa shape index (κ3) is 3.35. The van der Waals surface area contributed by atoms with Crippen molar-refractivity contribution >= 4 is 17.4 Å². The lowest BCUT2D eigenvalue weighted by Crippen LogP contribution is -2.48. The lowest BCUT2D eigenvalue weighted by Gasteiger charge is -2.28. The van der Waals surface area contributed by atoms with Crippen LogP contribution >= 0.6 is 0 Å². The molecule has 0 aliphatic rings. The van der Waals surface area contributed by atoms with Gasteiger partial charge in [0.05, 0.1) is 6.54 Å². The summed E-state index contributed by atoms with van der Waals surface area (Å²) in [6.07, 6.45) is 0. The van der Waals surface area contributed by atoms with Crippen molar-refractivity contribution < 1.29 is 14.7 Å². The fraction of sp³-hybridized carbons (Fsp3) is 0.211. The summed E-state index contributed by atoms with van der Waals surface area (Å²) in [6, 6.07) is 15.1. The van der Waals surface area contributed by atoms with E-state index in [0.29, 0.717) is 11.1 Å². The lowest BCUT2D eigenvalue weighted by atomic mass is 9.77. The number of aromatic hydroxyl groups is 1. The highest BCUT2D eigenvalue weighted by molar-refractivity contribution is 6.13. The van der Waals surface area contributed by atoms with Gasteiger partial charge in [0.2, 0.25) is 5.91 Å². The Bertz CT molecular complexity index is 771. The molecule has 124 valence electrons. The number of amides is 1. The Kier molecular flexibility index (Phi) is 5.14. The Labute approximate surface area is 140 Å². The molecular formula is C19H20N2O3. The van der Waals surface area contributed by atoms with Crippen LogP contribution in [0.2, 0.25) is 0 Å². The third-order valence-electron chi connectivity index (χ3n) is 4.15. The number of Topliss-reactive ketones (excluding diaryl/α,β-unsaturated/α-hetero) is 1. The number of phenolic OH excluding ortho intramolecular Hbond substituents is 1. The molecule has 2 aromatic carbocycles. The Balaban J connectivity index is 2.20. The number of ketones is 1. The third-order valence-corrected chi connectivity index (χ3v) is 4.15. The minimum Gasteiger partial charge on any atom is -0.508 e. The zero-order valence-electron chi connectivity index (χ0n) is 13.7. The van der Waals surface area contributed by atoms with Crippen molar-refractivity contribution in [1.29, 1.82) is 5.41 Å². The molecule has 0 aliphatic heterocycles. The van der Waals surface area contributed by atoms with Gasteiger partial charge in [-0.1, -0.05) is 48.5 Å². The minimum absolute atomic E-state index is 0.0591. The predicted octanol–water partition coefficient (Wildman–Crippen LogP) is 2.69. The van der Waals surface area contributed by atoms with E-state index >= 15 is 0 Å². The highest BCUT2D eigenvalue weighted by Gasteiger charge is 2.39. The normalized spacial score (nSPS) is 12.9. The van der Waals surface area contributed by atoms with Crippen LogP contribution < -0.4 is 5.32 Å². The molecule has 0 aromatic heterocycles. The summed E-state index contributed by atoms with van der Waals surface area (Å²) < 4.78 is 0. The first-order valence-electron chi connectivity index (χ1n) is 7.58.